The van der Waals surface area contributed by atoms with Gasteiger partial charge in [-0.2, -0.15) is 13.2 Å². The number of aromatic amines is 1. The summed E-state index contributed by atoms with van der Waals surface area (Å²) in [7, 11) is 0. The zero-order valence-electron chi connectivity index (χ0n) is 13.7. The quantitative estimate of drug-likeness (QED) is 0.653. The van der Waals surface area contributed by atoms with Crippen molar-refractivity contribution in [3.05, 3.63) is 65.4 Å². The number of hydrogen-bond acceptors (Lipinski definition) is 3. The molecular weight excluding hydrogens is 345 g/mol. The van der Waals surface area contributed by atoms with Crippen molar-refractivity contribution in [1.29, 1.82) is 0 Å². The predicted molar refractivity (Wildman–Crippen MR) is 92.6 cm³/mol. The van der Waals surface area contributed by atoms with Crippen LogP contribution in [0.25, 0.3) is 11.3 Å². The van der Waals surface area contributed by atoms with Gasteiger partial charge in [-0.3, -0.25) is 4.79 Å². The third kappa shape index (κ3) is 3.85. The van der Waals surface area contributed by atoms with E-state index in [9.17, 15) is 18.0 Å². The minimum Gasteiger partial charge on any atom is -0.369 e. The summed E-state index contributed by atoms with van der Waals surface area (Å²) in [6.07, 6.45) is -2.93. The maximum atomic E-state index is 12.9. The second-order valence-corrected chi connectivity index (χ2v) is 5.80. The molecule has 1 heterocycles. The van der Waals surface area contributed by atoms with E-state index in [2.05, 4.69) is 15.3 Å². The fraction of sp³-hybridized carbons (Fsp3) is 0.111. The van der Waals surface area contributed by atoms with Crippen LogP contribution in [-0.2, 0) is 6.18 Å². The highest BCUT2D eigenvalue weighted by Gasteiger charge is 2.31. The molecule has 26 heavy (non-hydrogen) atoms. The molecule has 0 saturated carbocycles. The first-order valence-corrected chi connectivity index (χ1v) is 7.63. The Kier molecular flexibility index (Phi) is 4.41. The van der Waals surface area contributed by atoms with Crippen LogP contribution in [0.1, 0.15) is 21.5 Å². The van der Waals surface area contributed by atoms with Crippen molar-refractivity contribution < 1.29 is 18.0 Å². The van der Waals surface area contributed by atoms with Gasteiger partial charge in [-0.25, -0.2) is 4.98 Å². The highest BCUT2D eigenvalue weighted by atomic mass is 19.4. The molecule has 0 aliphatic carbocycles. The minimum absolute atomic E-state index is 0.0530. The van der Waals surface area contributed by atoms with Crippen molar-refractivity contribution in [2.24, 2.45) is 0 Å². The predicted octanol–water partition coefficient (Wildman–Crippen LogP) is 4.24. The summed E-state index contributed by atoms with van der Waals surface area (Å²) in [5.41, 5.74) is 6.96. The van der Waals surface area contributed by atoms with Crippen LogP contribution in [0.2, 0.25) is 0 Å². The molecule has 5 nitrogen and oxygen atoms in total. The number of aryl methyl sites for hydroxylation is 1. The number of carbonyl (C=O) groups is 1. The van der Waals surface area contributed by atoms with Crippen molar-refractivity contribution in [2.75, 3.05) is 11.1 Å². The summed E-state index contributed by atoms with van der Waals surface area (Å²) >= 11 is 0. The van der Waals surface area contributed by atoms with Gasteiger partial charge in [-0.15, -0.1) is 0 Å². The van der Waals surface area contributed by atoms with Crippen LogP contribution in [0.3, 0.4) is 0 Å². The van der Waals surface area contributed by atoms with E-state index in [4.69, 9.17) is 5.73 Å². The summed E-state index contributed by atoms with van der Waals surface area (Å²) in [5, 5.41) is 2.59. The Morgan fingerprint density at radius 2 is 1.85 bits per heavy atom. The summed E-state index contributed by atoms with van der Waals surface area (Å²) in [4.78, 5) is 19.1. The molecule has 0 saturated heterocycles. The molecule has 0 aliphatic heterocycles. The van der Waals surface area contributed by atoms with Crippen LogP contribution in [-0.4, -0.2) is 15.9 Å². The number of nitrogens with one attached hydrogen (secondary N) is 2. The lowest BCUT2D eigenvalue weighted by Crippen LogP contribution is -2.14. The number of nitrogen functional groups attached to an aromatic ring is 1. The molecule has 0 aliphatic rings. The topological polar surface area (TPSA) is 83.8 Å². The summed E-state index contributed by atoms with van der Waals surface area (Å²) in [5.74, 6) is -0.324. The van der Waals surface area contributed by atoms with Gasteiger partial charge >= 0.3 is 6.18 Å². The molecule has 8 heteroatoms. The van der Waals surface area contributed by atoms with Crippen LogP contribution >= 0.6 is 0 Å². The highest BCUT2D eigenvalue weighted by molar-refractivity contribution is 6.04. The number of imidazole rings is 1. The monoisotopic (exact) mass is 360 g/mol. The highest BCUT2D eigenvalue weighted by Crippen LogP contribution is 2.31. The number of amides is 1. The molecular formula is C18H15F3N4O. The molecule has 3 rings (SSSR count). The van der Waals surface area contributed by atoms with Crippen LogP contribution in [0.5, 0.6) is 0 Å². The average Bonchev–Trinajstić information content (AvgIpc) is 3.00. The third-order valence-corrected chi connectivity index (χ3v) is 3.72. The Morgan fingerprint density at radius 1 is 1.15 bits per heavy atom. The standard InChI is InChI=1S/C18H15F3N4O/c1-10-6-12(8-13(7-10)18(19,20)21)16(26)24-14-4-2-11(3-5-14)15-9-23-17(22)25-15/h2-9H,1H3,(H,24,26)(H3,22,23,25). The molecule has 2 aromatic carbocycles. The molecule has 0 spiro atoms. The normalized spacial score (nSPS) is 11.4. The number of hydrogen-bond donors (Lipinski definition) is 3. The molecule has 0 atom stereocenters. The van der Waals surface area contributed by atoms with Crippen molar-refractivity contribution in [1.82, 2.24) is 9.97 Å². The van der Waals surface area contributed by atoms with Gasteiger partial charge in [-0.05, 0) is 48.4 Å². The van der Waals surface area contributed by atoms with E-state index in [1.807, 2.05) is 0 Å². The first-order valence-electron chi connectivity index (χ1n) is 7.63. The summed E-state index contributed by atoms with van der Waals surface area (Å²) in [6, 6.07) is 10.0. The van der Waals surface area contributed by atoms with Crippen LogP contribution in [0, 0.1) is 6.92 Å². The van der Waals surface area contributed by atoms with Crippen LogP contribution in [0.4, 0.5) is 24.8 Å². The maximum absolute atomic E-state index is 12.9. The number of nitrogens with two attached hydrogens (primary N) is 1. The van der Waals surface area contributed by atoms with Gasteiger partial charge in [0, 0.05) is 11.3 Å². The van der Waals surface area contributed by atoms with E-state index in [1.165, 1.54) is 13.0 Å². The number of rotatable bonds is 3. The van der Waals surface area contributed by atoms with Gasteiger partial charge < -0.3 is 16.0 Å². The first-order chi connectivity index (χ1) is 12.2. The molecule has 0 unspecified atom stereocenters. The number of halogens is 3. The van der Waals surface area contributed by atoms with Crippen molar-refractivity contribution in [3.63, 3.8) is 0 Å². The Balaban J connectivity index is 1.79. The molecule has 4 N–H and O–H groups in total. The number of carbonyl (C=O) groups excluding carboxylic acids is 1. The van der Waals surface area contributed by atoms with Crippen molar-refractivity contribution in [2.45, 2.75) is 13.1 Å². The van der Waals surface area contributed by atoms with E-state index in [1.54, 1.807) is 30.5 Å². The van der Waals surface area contributed by atoms with Crippen molar-refractivity contribution in [3.8, 4) is 11.3 Å². The van der Waals surface area contributed by atoms with Crippen molar-refractivity contribution >= 4 is 17.5 Å². The SMILES string of the molecule is Cc1cc(C(=O)Nc2ccc(-c3cnc(N)[nH]3)cc2)cc(C(F)(F)F)c1. The number of benzene rings is 2. The van der Waals surface area contributed by atoms with Gasteiger partial charge in [0.2, 0.25) is 0 Å². The molecule has 0 bridgehead atoms. The lowest BCUT2D eigenvalue weighted by molar-refractivity contribution is -0.137. The second-order valence-electron chi connectivity index (χ2n) is 5.80. The fourth-order valence-corrected chi connectivity index (χ4v) is 2.50. The number of aromatic nitrogens is 2. The molecule has 1 amide bonds. The average molecular weight is 360 g/mol. The number of nitrogens with zero attached hydrogens (tertiary/aromatic N) is 1. The maximum Gasteiger partial charge on any atom is 0.416 e. The van der Waals surface area contributed by atoms with Gasteiger partial charge in [0.25, 0.3) is 5.91 Å². The Bertz CT molecular complexity index is 946. The third-order valence-electron chi connectivity index (χ3n) is 3.72. The number of H-pyrrole nitrogens is 1. The number of alkyl halides is 3. The Labute approximate surface area is 147 Å². The summed E-state index contributed by atoms with van der Waals surface area (Å²) < 4.78 is 38.7. The minimum atomic E-state index is -4.51. The molecule has 134 valence electrons. The lowest BCUT2D eigenvalue weighted by atomic mass is 10.1. The van der Waals surface area contributed by atoms with E-state index in [0.29, 0.717) is 16.9 Å². The smallest absolute Gasteiger partial charge is 0.369 e. The van der Waals surface area contributed by atoms with Gasteiger partial charge in [0.1, 0.15) is 0 Å². The van der Waals surface area contributed by atoms with Crippen LogP contribution in [0.15, 0.2) is 48.7 Å². The molecule has 0 fully saturated rings. The fourth-order valence-electron chi connectivity index (χ4n) is 2.50. The summed E-state index contributed by atoms with van der Waals surface area (Å²) in [6.45, 7) is 1.51. The molecule has 1 aromatic heterocycles. The second kappa shape index (κ2) is 6.55. The van der Waals surface area contributed by atoms with E-state index in [0.717, 1.165) is 17.7 Å². The number of anilines is 2. The first kappa shape index (κ1) is 17.5. The largest absolute Gasteiger partial charge is 0.416 e. The Morgan fingerprint density at radius 3 is 2.42 bits per heavy atom. The van der Waals surface area contributed by atoms with Crippen LogP contribution < -0.4 is 11.1 Å². The van der Waals surface area contributed by atoms with Gasteiger partial charge in [-0.1, -0.05) is 12.1 Å². The Hall–Kier alpha value is -3.29. The zero-order valence-corrected chi connectivity index (χ0v) is 13.7. The van der Waals surface area contributed by atoms with E-state index >= 15 is 0 Å². The van der Waals surface area contributed by atoms with E-state index in [-0.39, 0.29) is 11.5 Å². The molecule has 0 radical (unpaired) electrons. The van der Waals surface area contributed by atoms with E-state index < -0.39 is 17.6 Å². The zero-order chi connectivity index (χ0) is 18.9. The van der Waals surface area contributed by atoms with Gasteiger partial charge in [0.15, 0.2) is 5.95 Å². The lowest BCUT2D eigenvalue weighted by Gasteiger charge is -2.11. The molecule has 3 aromatic rings. The van der Waals surface area contributed by atoms with Gasteiger partial charge in [0.05, 0.1) is 17.5 Å².